The molecule has 1 amide bonds. The Kier molecular flexibility index (Phi) is 3.83. The van der Waals surface area contributed by atoms with Crippen molar-refractivity contribution in [2.75, 3.05) is 5.32 Å². The maximum atomic E-state index is 12.5. The minimum Gasteiger partial charge on any atom is -0.481 e. The summed E-state index contributed by atoms with van der Waals surface area (Å²) in [6.45, 7) is 7.50. The molecule has 0 radical (unpaired) electrons. The van der Waals surface area contributed by atoms with E-state index in [1.165, 1.54) is 0 Å². The molecular formula is C17H23NO3. The molecule has 1 aliphatic rings. The first-order chi connectivity index (χ1) is 9.68. The molecule has 1 saturated carbocycles. The van der Waals surface area contributed by atoms with E-state index in [2.05, 4.69) is 5.32 Å². The number of aliphatic carboxylic acids is 1. The van der Waals surface area contributed by atoms with Crippen LogP contribution in [0.4, 0.5) is 5.69 Å². The van der Waals surface area contributed by atoms with Crippen LogP contribution >= 0.6 is 0 Å². The molecule has 4 heteroatoms. The molecule has 0 aliphatic heterocycles. The zero-order valence-electron chi connectivity index (χ0n) is 13.1. The van der Waals surface area contributed by atoms with Gasteiger partial charge in [0.05, 0.1) is 5.41 Å². The van der Waals surface area contributed by atoms with Gasteiger partial charge in [0, 0.05) is 11.6 Å². The molecule has 2 N–H and O–H groups in total. The number of carboxylic acid groups (broad SMARTS) is 1. The van der Waals surface area contributed by atoms with Crippen LogP contribution in [0.3, 0.4) is 0 Å². The number of benzene rings is 1. The zero-order valence-corrected chi connectivity index (χ0v) is 13.1. The van der Waals surface area contributed by atoms with Crippen molar-refractivity contribution in [3.8, 4) is 0 Å². The molecule has 0 aromatic heterocycles. The lowest BCUT2D eigenvalue weighted by molar-refractivity contribution is -0.154. The predicted molar refractivity (Wildman–Crippen MR) is 82.1 cm³/mol. The van der Waals surface area contributed by atoms with Crippen molar-refractivity contribution in [3.05, 3.63) is 29.8 Å². The number of hydrogen-bond acceptors (Lipinski definition) is 2. The summed E-state index contributed by atoms with van der Waals surface area (Å²) in [5.74, 6) is -1.20. The smallest absolute Gasteiger partial charge is 0.309 e. The lowest BCUT2D eigenvalue weighted by Gasteiger charge is -2.37. The molecule has 0 saturated heterocycles. The van der Waals surface area contributed by atoms with Crippen molar-refractivity contribution in [2.24, 2.45) is 16.7 Å². The van der Waals surface area contributed by atoms with E-state index in [4.69, 9.17) is 0 Å². The normalized spacial score (nSPS) is 27.3. The molecule has 1 aromatic carbocycles. The fourth-order valence-corrected chi connectivity index (χ4v) is 3.21. The van der Waals surface area contributed by atoms with Gasteiger partial charge in [-0.15, -0.1) is 0 Å². The highest BCUT2D eigenvalue weighted by Crippen LogP contribution is 2.56. The summed E-state index contributed by atoms with van der Waals surface area (Å²) in [4.78, 5) is 24.1. The van der Waals surface area contributed by atoms with Gasteiger partial charge in [-0.3, -0.25) is 9.59 Å². The summed E-state index contributed by atoms with van der Waals surface area (Å²) in [5, 5.41) is 12.4. The van der Waals surface area contributed by atoms with Crippen LogP contribution < -0.4 is 5.32 Å². The second-order valence-corrected chi connectivity index (χ2v) is 6.81. The van der Waals surface area contributed by atoms with Crippen LogP contribution in [-0.2, 0) is 9.59 Å². The van der Waals surface area contributed by atoms with Crippen LogP contribution in [-0.4, -0.2) is 17.0 Å². The molecule has 21 heavy (non-hydrogen) atoms. The van der Waals surface area contributed by atoms with E-state index in [-0.39, 0.29) is 11.8 Å². The zero-order chi connectivity index (χ0) is 15.8. The van der Waals surface area contributed by atoms with Crippen molar-refractivity contribution in [2.45, 2.75) is 40.5 Å². The van der Waals surface area contributed by atoms with Gasteiger partial charge in [-0.1, -0.05) is 31.5 Å². The van der Waals surface area contributed by atoms with Gasteiger partial charge in [-0.2, -0.15) is 0 Å². The third-order valence-electron chi connectivity index (χ3n) is 5.33. The summed E-state index contributed by atoms with van der Waals surface area (Å²) < 4.78 is 0. The van der Waals surface area contributed by atoms with Crippen LogP contribution in [0.2, 0.25) is 0 Å². The van der Waals surface area contributed by atoms with Crippen molar-refractivity contribution in [3.63, 3.8) is 0 Å². The van der Waals surface area contributed by atoms with E-state index in [0.717, 1.165) is 11.3 Å². The molecule has 4 nitrogen and oxygen atoms in total. The second kappa shape index (κ2) is 5.17. The van der Waals surface area contributed by atoms with Gasteiger partial charge in [0.15, 0.2) is 0 Å². The van der Waals surface area contributed by atoms with Crippen LogP contribution in [0, 0.1) is 23.7 Å². The Morgan fingerprint density at radius 3 is 2.24 bits per heavy atom. The Morgan fingerprint density at radius 1 is 1.19 bits per heavy atom. The molecule has 0 bridgehead atoms. The van der Waals surface area contributed by atoms with Gasteiger partial charge in [-0.05, 0) is 44.2 Å². The van der Waals surface area contributed by atoms with Crippen LogP contribution in [0.5, 0.6) is 0 Å². The first-order valence-electron chi connectivity index (χ1n) is 7.29. The summed E-state index contributed by atoms with van der Waals surface area (Å²) in [6, 6.07) is 7.62. The SMILES string of the molecule is Cc1ccc(NC(=O)[C@H]2CC[C@@](C)(C(=O)O)C2(C)C)cc1. The number of aryl methyl sites for hydroxylation is 1. The van der Waals surface area contributed by atoms with Crippen LogP contribution in [0.25, 0.3) is 0 Å². The summed E-state index contributed by atoms with van der Waals surface area (Å²) in [7, 11) is 0. The molecular weight excluding hydrogens is 266 g/mol. The largest absolute Gasteiger partial charge is 0.481 e. The van der Waals surface area contributed by atoms with Crippen LogP contribution in [0.15, 0.2) is 24.3 Å². The van der Waals surface area contributed by atoms with Crippen LogP contribution in [0.1, 0.15) is 39.2 Å². The van der Waals surface area contributed by atoms with Gasteiger partial charge in [0.2, 0.25) is 5.91 Å². The lowest BCUT2D eigenvalue weighted by Crippen LogP contribution is -2.43. The maximum absolute atomic E-state index is 12.5. The summed E-state index contributed by atoms with van der Waals surface area (Å²) >= 11 is 0. The Morgan fingerprint density at radius 2 is 1.76 bits per heavy atom. The summed E-state index contributed by atoms with van der Waals surface area (Å²) in [6.07, 6.45) is 1.13. The van der Waals surface area contributed by atoms with E-state index in [1.807, 2.05) is 45.0 Å². The Hall–Kier alpha value is -1.84. The molecule has 0 unspecified atom stereocenters. The number of carbonyl (C=O) groups excluding carboxylic acids is 1. The van der Waals surface area contributed by atoms with E-state index < -0.39 is 16.8 Å². The number of amides is 1. The van der Waals surface area contributed by atoms with Gasteiger partial charge in [0.1, 0.15) is 0 Å². The lowest BCUT2D eigenvalue weighted by atomic mass is 9.65. The number of carbonyl (C=O) groups is 2. The van der Waals surface area contributed by atoms with E-state index in [9.17, 15) is 14.7 Å². The van der Waals surface area contributed by atoms with E-state index >= 15 is 0 Å². The molecule has 1 aliphatic carbocycles. The van der Waals surface area contributed by atoms with E-state index in [1.54, 1.807) is 6.92 Å². The molecule has 2 atom stereocenters. The molecule has 1 aromatic rings. The Balaban J connectivity index is 2.17. The maximum Gasteiger partial charge on any atom is 0.309 e. The van der Waals surface area contributed by atoms with Crippen molar-refractivity contribution in [1.29, 1.82) is 0 Å². The molecule has 0 heterocycles. The van der Waals surface area contributed by atoms with Crippen molar-refractivity contribution >= 4 is 17.6 Å². The first-order valence-corrected chi connectivity index (χ1v) is 7.29. The highest BCUT2D eigenvalue weighted by molar-refractivity contribution is 5.94. The number of nitrogens with one attached hydrogen (secondary N) is 1. The minimum absolute atomic E-state index is 0.0890. The standard InChI is InChI=1S/C17H23NO3/c1-11-5-7-12(8-6-11)18-14(19)13-9-10-17(4,15(20)21)16(13,2)3/h5-8,13H,9-10H2,1-4H3,(H,18,19)(H,20,21)/t13-,17+/m1/s1. The number of rotatable bonds is 3. The fourth-order valence-electron chi connectivity index (χ4n) is 3.21. The number of hydrogen-bond donors (Lipinski definition) is 2. The predicted octanol–water partition coefficient (Wildman–Crippen LogP) is 3.46. The van der Waals surface area contributed by atoms with Crippen molar-refractivity contribution < 1.29 is 14.7 Å². The topological polar surface area (TPSA) is 66.4 Å². The molecule has 2 rings (SSSR count). The summed E-state index contributed by atoms with van der Waals surface area (Å²) in [5.41, 5.74) is 0.452. The highest BCUT2D eigenvalue weighted by atomic mass is 16.4. The van der Waals surface area contributed by atoms with Gasteiger partial charge < -0.3 is 10.4 Å². The average molecular weight is 289 g/mol. The third-order valence-corrected chi connectivity index (χ3v) is 5.33. The second-order valence-electron chi connectivity index (χ2n) is 6.81. The molecule has 1 fully saturated rings. The first kappa shape index (κ1) is 15.5. The quantitative estimate of drug-likeness (QED) is 0.895. The third kappa shape index (κ3) is 2.55. The number of carboxylic acids is 1. The highest BCUT2D eigenvalue weighted by Gasteiger charge is 2.58. The Bertz CT molecular complexity index is 562. The van der Waals surface area contributed by atoms with Gasteiger partial charge in [0.25, 0.3) is 0 Å². The monoisotopic (exact) mass is 289 g/mol. The van der Waals surface area contributed by atoms with Crippen molar-refractivity contribution in [1.82, 2.24) is 0 Å². The Labute approximate surface area is 125 Å². The fraction of sp³-hybridized carbons (Fsp3) is 0.529. The van der Waals surface area contributed by atoms with Gasteiger partial charge >= 0.3 is 5.97 Å². The molecule has 114 valence electrons. The van der Waals surface area contributed by atoms with Gasteiger partial charge in [-0.25, -0.2) is 0 Å². The average Bonchev–Trinajstić information content (AvgIpc) is 2.64. The minimum atomic E-state index is -0.859. The molecule has 0 spiro atoms. The van der Waals surface area contributed by atoms with E-state index in [0.29, 0.717) is 12.8 Å². The number of anilines is 1.